The lowest BCUT2D eigenvalue weighted by molar-refractivity contribution is 0.414. The van der Waals surface area contributed by atoms with Crippen LogP contribution in [0.25, 0.3) is 11.1 Å². The van der Waals surface area contributed by atoms with Crippen molar-refractivity contribution < 1.29 is 9.47 Å². The van der Waals surface area contributed by atoms with Crippen LogP contribution in [0, 0.1) is 45.3 Å². The van der Waals surface area contributed by atoms with E-state index in [1.54, 1.807) is 50.7 Å². The van der Waals surface area contributed by atoms with Gasteiger partial charge >= 0.3 is 0 Å². The minimum absolute atomic E-state index is 0.0962. The molecule has 0 N–H and O–H groups in total. The van der Waals surface area contributed by atoms with Gasteiger partial charge in [0.2, 0.25) is 0 Å². The van der Waals surface area contributed by atoms with E-state index in [0.29, 0.717) is 22.6 Å². The van der Waals surface area contributed by atoms with Gasteiger partial charge in [0, 0.05) is 9.81 Å². The lowest BCUT2D eigenvalue weighted by atomic mass is 10.0. The van der Waals surface area contributed by atoms with Gasteiger partial charge in [0.1, 0.15) is 46.9 Å². The van der Waals surface area contributed by atoms with Gasteiger partial charge in [-0.05, 0) is 66.5 Å². The fourth-order valence-electron chi connectivity index (χ4n) is 2.75. The Morgan fingerprint density at radius 3 is 1.63 bits per heavy atom. The normalized spacial score (nSPS) is 8.83. The Labute approximate surface area is 215 Å². The van der Waals surface area contributed by atoms with Gasteiger partial charge in [0.05, 0.1) is 14.2 Å². The largest absolute Gasteiger partial charge is 0.497 e. The predicted octanol–water partition coefficient (Wildman–Crippen LogP) is 6.58. The third-order valence-corrected chi connectivity index (χ3v) is 6.68. The highest BCUT2D eigenvalue weighted by atomic mass is 32.2. The van der Waals surface area contributed by atoms with E-state index in [-0.39, 0.29) is 11.1 Å². The molecule has 0 aromatic heterocycles. The van der Waals surface area contributed by atoms with E-state index >= 15 is 0 Å². The van der Waals surface area contributed by atoms with Gasteiger partial charge in [-0.3, -0.25) is 0 Å². The molecule has 6 nitrogen and oxygen atoms in total. The van der Waals surface area contributed by atoms with Crippen molar-refractivity contribution in [3.05, 3.63) is 81.1 Å². The minimum atomic E-state index is 0.0962. The topological polar surface area (TPSA) is 114 Å². The number of nitriles is 4. The molecule has 0 aliphatic rings. The monoisotopic (exact) mass is 500 g/mol. The Balaban J connectivity index is 0.000000365. The third-order valence-electron chi connectivity index (χ3n) is 4.64. The molecule has 0 aliphatic carbocycles. The Morgan fingerprint density at radius 1 is 0.743 bits per heavy atom. The van der Waals surface area contributed by atoms with Crippen molar-refractivity contribution >= 4 is 34.7 Å². The minimum Gasteiger partial charge on any atom is -0.497 e. The molecule has 0 amide bonds. The molecule has 0 atom stereocenters. The molecule has 0 bridgehead atoms. The van der Waals surface area contributed by atoms with Crippen LogP contribution >= 0.6 is 23.5 Å². The number of rotatable bonds is 7. The van der Waals surface area contributed by atoms with Gasteiger partial charge in [-0.2, -0.15) is 21.0 Å². The Morgan fingerprint density at radius 2 is 1.20 bits per heavy atom. The van der Waals surface area contributed by atoms with Gasteiger partial charge in [0.15, 0.2) is 0 Å². The van der Waals surface area contributed by atoms with E-state index in [1.165, 1.54) is 0 Å². The van der Waals surface area contributed by atoms with Crippen LogP contribution in [0.5, 0.6) is 11.5 Å². The van der Waals surface area contributed by atoms with Crippen LogP contribution in [-0.2, 0) is 0 Å². The number of allylic oxidation sites excluding steroid dienone is 5. The van der Waals surface area contributed by atoms with Gasteiger partial charge in [-0.1, -0.05) is 24.3 Å². The second kappa shape index (κ2) is 15.7. The van der Waals surface area contributed by atoms with Crippen LogP contribution in [0.3, 0.4) is 0 Å². The van der Waals surface area contributed by atoms with Crippen LogP contribution in [-0.4, -0.2) is 26.7 Å². The molecule has 0 saturated carbocycles. The second-order valence-corrected chi connectivity index (χ2v) is 8.53. The van der Waals surface area contributed by atoms with Crippen molar-refractivity contribution in [3.8, 4) is 35.8 Å². The third kappa shape index (κ3) is 8.65. The number of benzene rings is 2. The van der Waals surface area contributed by atoms with E-state index in [4.69, 9.17) is 30.5 Å². The summed E-state index contributed by atoms with van der Waals surface area (Å²) in [4.78, 5) is 0. The summed E-state index contributed by atoms with van der Waals surface area (Å²) in [6.45, 7) is 1.75. The summed E-state index contributed by atoms with van der Waals surface area (Å²) in [7, 11) is 3.16. The second-order valence-electron chi connectivity index (χ2n) is 6.57. The fourth-order valence-corrected chi connectivity index (χ4v) is 3.89. The molecule has 0 fully saturated rings. The molecule has 0 spiro atoms. The zero-order valence-electron chi connectivity index (χ0n) is 20.1. The molecule has 2 aromatic rings. The molecule has 35 heavy (non-hydrogen) atoms. The first-order valence-electron chi connectivity index (χ1n) is 10.1. The molecule has 2 aromatic carbocycles. The molecule has 8 heteroatoms. The average molecular weight is 501 g/mol. The highest BCUT2D eigenvalue weighted by Crippen LogP contribution is 2.31. The van der Waals surface area contributed by atoms with E-state index in [2.05, 4.69) is 0 Å². The van der Waals surface area contributed by atoms with Crippen molar-refractivity contribution in [3.63, 3.8) is 0 Å². The van der Waals surface area contributed by atoms with E-state index < -0.39 is 0 Å². The smallest absolute Gasteiger partial charge is 0.137 e. The highest BCUT2D eigenvalue weighted by molar-refractivity contribution is 8.21. The molecule has 2 rings (SSSR count). The Bertz CT molecular complexity index is 1260. The highest BCUT2D eigenvalue weighted by Gasteiger charge is 2.09. The Hall–Kier alpha value is -4.08. The maximum Gasteiger partial charge on any atom is 0.137 e. The zero-order chi connectivity index (χ0) is 26.2. The van der Waals surface area contributed by atoms with Gasteiger partial charge in [-0.15, -0.1) is 23.5 Å². The van der Waals surface area contributed by atoms with Crippen molar-refractivity contribution in [2.75, 3.05) is 26.7 Å². The van der Waals surface area contributed by atoms with Crippen LogP contribution in [0.15, 0.2) is 70.0 Å². The maximum atomic E-state index is 9.14. The van der Waals surface area contributed by atoms with E-state index in [9.17, 15) is 0 Å². The molecule has 0 saturated heterocycles. The number of thioether (sulfide) groups is 2. The predicted molar refractivity (Wildman–Crippen MR) is 143 cm³/mol. The standard InChI is InChI=1S/C15H14N2OS2.C12H10N2O/c1-18-13-6-4-5-11(7-13)14(12(9-16)10-17)8-15(19-2)20-3;1-9(11(7-13)8-14)10-4-3-5-12(6-10)15-2/h4-8H,1-3H3;3-6H,1-2H3. The average Bonchev–Trinajstić information content (AvgIpc) is 2.92. The summed E-state index contributed by atoms with van der Waals surface area (Å²) in [6, 6.07) is 22.3. The molecule has 0 unspecified atom stereocenters. The molecule has 0 aliphatic heterocycles. The first-order chi connectivity index (χ1) is 16.9. The maximum absolute atomic E-state index is 9.14. The van der Waals surface area contributed by atoms with Crippen LogP contribution in [0.2, 0.25) is 0 Å². The summed E-state index contributed by atoms with van der Waals surface area (Å²) >= 11 is 3.16. The zero-order valence-corrected chi connectivity index (χ0v) is 21.8. The van der Waals surface area contributed by atoms with Crippen molar-refractivity contribution in [2.45, 2.75) is 6.92 Å². The SMILES string of the molecule is COc1cccc(C(C)=C(C#N)C#N)c1.COc1cccc(C(C=C(SC)SC)=C(C#N)C#N)c1. The van der Waals surface area contributed by atoms with Crippen molar-refractivity contribution in [2.24, 2.45) is 0 Å². The lowest BCUT2D eigenvalue weighted by Crippen LogP contribution is -1.90. The molecular formula is C27H24N4O2S2. The number of hydrogen-bond donors (Lipinski definition) is 0. The molecular weight excluding hydrogens is 476 g/mol. The molecule has 0 radical (unpaired) electrons. The first kappa shape index (κ1) is 29.0. The van der Waals surface area contributed by atoms with Crippen LogP contribution in [0.4, 0.5) is 0 Å². The number of nitrogens with zero attached hydrogens (tertiary/aromatic N) is 4. The molecule has 0 heterocycles. The number of hydrogen-bond acceptors (Lipinski definition) is 8. The van der Waals surface area contributed by atoms with E-state index in [0.717, 1.165) is 15.4 Å². The summed E-state index contributed by atoms with van der Waals surface area (Å²) in [5, 5.41) is 35.7. The number of ether oxygens (including phenoxy) is 2. The van der Waals surface area contributed by atoms with Crippen LogP contribution < -0.4 is 9.47 Å². The van der Waals surface area contributed by atoms with Crippen molar-refractivity contribution in [1.29, 1.82) is 21.0 Å². The summed E-state index contributed by atoms with van der Waals surface area (Å²) in [5.74, 6) is 1.40. The first-order valence-corrected chi connectivity index (χ1v) is 12.5. The van der Waals surface area contributed by atoms with Gasteiger partial charge in [-0.25, -0.2) is 0 Å². The van der Waals surface area contributed by atoms with Gasteiger partial charge < -0.3 is 9.47 Å². The van der Waals surface area contributed by atoms with E-state index in [1.807, 2.05) is 85.3 Å². The quantitative estimate of drug-likeness (QED) is 0.309. The Kier molecular flexibility index (Phi) is 13.0. The van der Waals surface area contributed by atoms with Crippen molar-refractivity contribution in [1.82, 2.24) is 0 Å². The lowest BCUT2D eigenvalue weighted by Gasteiger charge is -2.07. The summed E-state index contributed by atoms with van der Waals surface area (Å²) < 4.78 is 11.3. The van der Waals surface area contributed by atoms with Crippen LogP contribution in [0.1, 0.15) is 18.1 Å². The summed E-state index contributed by atoms with van der Waals surface area (Å²) in [5.41, 5.74) is 3.13. The molecule has 176 valence electrons. The van der Waals surface area contributed by atoms with Gasteiger partial charge in [0.25, 0.3) is 0 Å². The summed E-state index contributed by atoms with van der Waals surface area (Å²) in [6.07, 6.45) is 5.79. The fraction of sp³-hybridized carbons (Fsp3) is 0.185. The number of methoxy groups -OCH3 is 2.